The van der Waals surface area contributed by atoms with E-state index in [1.165, 1.54) is 0 Å². The van der Waals surface area contributed by atoms with Crippen LogP contribution < -0.4 is 19.7 Å². The lowest BCUT2D eigenvalue weighted by molar-refractivity contribution is 0.413. The van der Waals surface area contributed by atoms with Crippen LogP contribution in [0.3, 0.4) is 0 Å². The number of nitrogens with zero attached hydrogens (tertiary/aromatic N) is 2. The molecule has 6 rings (SSSR count). The van der Waals surface area contributed by atoms with Crippen LogP contribution in [0.2, 0.25) is 10.0 Å². The molecule has 1 saturated heterocycles. The first-order valence-electron chi connectivity index (χ1n) is 12.5. The highest BCUT2D eigenvalue weighted by Crippen LogP contribution is 2.44. The summed E-state index contributed by atoms with van der Waals surface area (Å²) in [5, 5.41) is 5.09. The SMILES string of the molecule is COc1ccc(Oc2ccc(N3C(=S)N[C@H](c4ccccn4)[C@H]3c3ccc(-c4ccc(Cl)cc4Cl)o3)cc2)cc1. The number of nitrogens with one attached hydrogen (secondary N) is 1. The number of benzene rings is 3. The predicted octanol–water partition coefficient (Wildman–Crippen LogP) is 8.63. The quantitative estimate of drug-likeness (QED) is 0.191. The molecule has 40 heavy (non-hydrogen) atoms. The first-order valence-corrected chi connectivity index (χ1v) is 13.6. The number of pyridine rings is 1. The van der Waals surface area contributed by atoms with Gasteiger partial charge in [-0.2, -0.15) is 0 Å². The van der Waals surface area contributed by atoms with Crippen LogP contribution in [-0.2, 0) is 0 Å². The van der Waals surface area contributed by atoms with Crippen molar-refractivity contribution in [2.24, 2.45) is 0 Å². The lowest BCUT2D eigenvalue weighted by Crippen LogP contribution is -2.29. The van der Waals surface area contributed by atoms with Crippen LogP contribution in [0.5, 0.6) is 17.2 Å². The third kappa shape index (κ3) is 5.23. The molecule has 3 aromatic carbocycles. The fraction of sp³-hybridized carbons (Fsp3) is 0.0968. The van der Waals surface area contributed by atoms with Crippen molar-refractivity contribution < 1.29 is 13.9 Å². The monoisotopic (exact) mass is 587 g/mol. The maximum atomic E-state index is 6.48. The molecule has 0 amide bonds. The molecule has 2 aromatic heterocycles. The van der Waals surface area contributed by atoms with Gasteiger partial charge in [-0.05, 0) is 103 Å². The molecule has 2 atom stereocenters. The number of hydrogen-bond acceptors (Lipinski definition) is 5. The Morgan fingerprint density at radius 2 is 1.60 bits per heavy atom. The van der Waals surface area contributed by atoms with Crippen LogP contribution in [0.15, 0.2) is 108 Å². The van der Waals surface area contributed by atoms with Crippen molar-refractivity contribution in [3.63, 3.8) is 0 Å². The molecule has 1 N–H and O–H groups in total. The van der Waals surface area contributed by atoms with Gasteiger partial charge in [0.25, 0.3) is 0 Å². The van der Waals surface area contributed by atoms with Crippen molar-refractivity contribution in [3.05, 3.63) is 125 Å². The van der Waals surface area contributed by atoms with E-state index in [1.807, 2.05) is 89.8 Å². The Morgan fingerprint density at radius 1 is 0.875 bits per heavy atom. The third-order valence-corrected chi connectivity index (χ3v) is 7.49. The largest absolute Gasteiger partial charge is 0.497 e. The molecule has 0 unspecified atom stereocenters. The van der Waals surface area contributed by atoms with Crippen molar-refractivity contribution in [1.82, 2.24) is 10.3 Å². The van der Waals surface area contributed by atoms with Gasteiger partial charge in [-0.25, -0.2) is 0 Å². The zero-order valence-corrected chi connectivity index (χ0v) is 23.6. The maximum absolute atomic E-state index is 6.48. The minimum atomic E-state index is -0.310. The Bertz CT molecular complexity index is 1640. The molecular formula is C31H23Cl2N3O3S. The summed E-state index contributed by atoms with van der Waals surface area (Å²) in [7, 11) is 1.63. The summed E-state index contributed by atoms with van der Waals surface area (Å²) in [4.78, 5) is 6.65. The zero-order chi connectivity index (χ0) is 27.6. The van der Waals surface area contributed by atoms with Crippen molar-refractivity contribution in [3.8, 4) is 28.6 Å². The minimum absolute atomic E-state index is 0.247. The summed E-state index contributed by atoms with van der Waals surface area (Å²) in [5.41, 5.74) is 2.48. The molecule has 0 spiro atoms. The van der Waals surface area contributed by atoms with Crippen LogP contribution in [0.1, 0.15) is 23.5 Å². The summed E-state index contributed by atoms with van der Waals surface area (Å²) in [6.07, 6.45) is 1.77. The second kappa shape index (κ2) is 11.2. The number of rotatable bonds is 7. The Labute approximate surface area is 247 Å². The van der Waals surface area contributed by atoms with E-state index in [2.05, 4.69) is 10.3 Å². The number of aromatic nitrogens is 1. The molecule has 6 nitrogen and oxygen atoms in total. The Kier molecular flexibility index (Phi) is 7.34. The number of anilines is 1. The van der Waals surface area contributed by atoms with Crippen molar-refractivity contribution in [1.29, 1.82) is 0 Å². The van der Waals surface area contributed by atoms with E-state index in [4.69, 9.17) is 49.3 Å². The normalized spacial score (nSPS) is 16.6. The lowest BCUT2D eigenvalue weighted by Gasteiger charge is -2.26. The fourth-order valence-electron chi connectivity index (χ4n) is 4.72. The molecule has 0 radical (unpaired) electrons. The summed E-state index contributed by atoms with van der Waals surface area (Å²) >= 11 is 18.4. The molecule has 0 bridgehead atoms. The van der Waals surface area contributed by atoms with Crippen LogP contribution in [0.25, 0.3) is 11.3 Å². The molecule has 1 aliphatic heterocycles. The third-order valence-electron chi connectivity index (χ3n) is 6.62. The lowest BCUT2D eigenvalue weighted by atomic mass is 10.0. The summed E-state index contributed by atoms with van der Waals surface area (Å²) in [6.45, 7) is 0. The van der Waals surface area contributed by atoms with Crippen LogP contribution >= 0.6 is 35.4 Å². The van der Waals surface area contributed by atoms with Gasteiger partial charge in [-0.1, -0.05) is 29.3 Å². The Hall–Kier alpha value is -4.04. The van der Waals surface area contributed by atoms with Gasteiger partial charge in [0.2, 0.25) is 0 Å². The number of ether oxygens (including phenoxy) is 2. The molecule has 0 saturated carbocycles. The van der Waals surface area contributed by atoms with E-state index < -0.39 is 0 Å². The van der Waals surface area contributed by atoms with E-state index in [9.17, 15) is 0 Å². The van der Waals surface area contributed by atoms with Crippen molar-refractivity contribution >= 4 is 46.2 Å². The highest BCUT2D eigenvalue weighted by Gasteiger charge is 2.42. The molecule has 1 fully saturated rings. The van der Waals surface area contributed by atoms with Gasteiger partial charge in [0.15, 0.2) is 5.11 Å². The van der Waals surface area contributed by atoms with E-state index in [-0.39, 0.29) is 12.1 Å². The molecule has 0 aliphatic carbocycles. The number of furan rings is 1. The van der Waals surface area contributed by atoms with Crippen molar-refractivity contribution in [2.45, 2.75) is 12.1 Å². The average Bonchev–Trinajstić information content (AvgIpc) is 3.59. The second-order valence-electron chi connectivity index (χ2n) is 9.09. The van der Waals surface area contributed by atoms with Gasteiger partial charge in [0.05, 0.1) is 23.9 Å². The topological polar surface area (TPSA) is 59.8 Å². The van der Waals surface area contributed by atoms with E-state index >= 15 is 0 Å². The molecule has 1 aliphatic rings. The predicted molar refractivity (Wildman–Crippen MR) is 162 cm³/mol. The van der Waals surface area contributed by atoms with Gasteiger partial charge in [-0.15, -0.1) is 0 Å². The smallest absolute Gasteiger partial charge is 0.174 e. The Balaban J connectivity index is 1.33. The van der Waals surface area contributed by atoms with Crippen LogP contribution in [0, 0.1) is 0 Å². The molecule has 200 valence electrons. The maximum Gasteiger partial charge on any atom is 0.174 e. The van der Waals surface area contributed by atoms with Crippen LogP contribution in [0.4, 0.5) is 5.69 Å². The molecule has 9 heteroatoms. The van der Waals surface area contributed by atoms with E-state index in [1.54, 1.807) is 25.4 Å². The number of thiocarbonyl (C=S) groups is 1. The average molecular weight is 589 g/mol. The highest BCUT2D eigenvalue weighted by molar-refractivity contribution is 7.80. The number of halogens is 2. The highest BCUT2D eigenvalue weighted by atomic mass is 35.5. The first kappa shape index (κ1) is 26.2. The zero-order valence-electron chi connectivity index (χ0n) is 21.3. The minimum Gasteiger partial charge on any atom is -0.497 e. The first-order chi connectivity index (χ1) is 19.5. The molecule has 5 aromatic rings. The summed E-state index contributed by atoms with van der Waals surface area (Å²) in [5.74, 6) is 3.53. The molecular weight excluding hydrogens is 565 g/mol. The van der Waals surface area contributed by atoms with E-state index in [0.29, 0.717) is 38.2 Å². The van der Waals surface area contributed by atoms with E-state index in [0.717, 1.165) is 22.7 Å². The van der Waals surface area contributed by atoms with Gasteiger partial charge in [-0.3, -0.25) is 4.98 Å². The Morgan fingerprint density at radius 3 is 2.27 bits per heavy atom. The fourth-order valence-corrected chi connectivity index (χ4v) is 5.57. The van der Waals surface area contributed by atoms with Gasteiger partial charge < -0.3 is 24.1 Å². The van der Waals surface area contributed by atoms with Gasteiger partial charge in [0.1, 0.15) is 34.8 Å². The number of methoxy groups -OCH3 is 1. The van der Waals surface area contributed by atoms with Gasteiger partial charge >= 0.3 is 0 Å². The molecule has 3 heterocycles. The van der Waals surface area contributed by atoms with Crippen molar-refractivity contribution in [2.75, 3.05) is 12.0 Å². The summed E-state index contributed by atoms with van der Waals surface area (Å²) in [6, 6.07) is 29.7. The summed E-state index contributed by atoms with van der Waals surface area (Å²) < 4.78 is 17.7. The van der Waals surface area contributed by atoms with Crippen LogP contribution in [-0.4, -0.2) is 17.2 Å². The number of hydrogen-bond donors (Lipinski definition) is 1. The second-order valence-corrected chi connectivity index (χ2v) is 10.3. The van der Waals surface area contributed by atoms with Gasteiger partial charge in [0, 0.05) is 22.5 Å². The standard InChI is InChI=1S/C31H23Cl2N3O3S/c1-37-21-10-12-23(13-11-21)38-22-8-6-20(7-9-22)36-30(29(35-31(36)40)26-4-2-3-17-34-26)28-16-15-27(39-28)24-14-5-19(32)18-25(24)33/h2-18,29-30H,1H3,(H,35,40)/t29-,30-/m1/s1.